The van der Waals surface area contributed by atoms with Gasteiger partial charge in [0, 0.05) is 19.3 Å². The third kappa shape index (κ3) is 41.0. The summed E-state index contributed by atoms with van der Waals surface area (Å²) in [5.74, 6) is -1.45. The van der Waals surface area contributed by atoms with E-state index in [-0.39, 0.29) is 36.2 Å². The van der Waals surface area contributed by atoms with E-state index in [1.54, 1.807) is 0 Å². The first-order valence-corrected chi connectivity index (χ1v) is 24.9. The van der Waals surface area contributed by atoms with Gasteiger partial charge in [0.2, 0.25) is 0 Å². The molecule has 346 valence electrons. The molecule has 0 rings (SSSR count). The molecule has 0 fully saturated rings. The Morgan fingerprint density at radius 3 is 1.31 bits per heavy atom. The van der Waals surface area contributed by atoms with Crippen LogP contribution in [0.3, 0.4) is 0 Å². The van der Waals surface area contributed by atoms with Crippen molar-refractivity contribution < 1.29 is 38.2 Å². The molecule has 2 atom stereocenters. The average molecular weight is 835 g/mol. The van der Waals surface area contributed by atoms with Crippen molar-refractivity contribution in [1.29, 1.82) is 0 Å². The van der Waals surface area contributed by atoms with Crippen LogP contribution in [0.15, 0.2) is 24.3 Å². The van der Waals surface area contributed by atoms with Gasteiger partial charge in [0.05, 0.1) is 34.4 Å². The lowest BCUT2D eigenvalue weighted by Crippen LogP contribution is -2.50. The van der Waals surface area contributed by atoms with Gasteiger partial charge in [-0.1, -0.05) is 199 Å². The van der Waals surface area contributed by atoms with E-state index < -0.39 is 18.1 Å². The Labute approximate surface area is 364 Å². The molecule has 0 saturated heterocycles. The molecule has 0 aromatic heterocycles. The number of ether oxygens (including phenoxy) is 3. The van der Waals surface area contributed by atoms with Gasteiger partial charge >= 0.3 is 17.9 Å². The summed E-state index contributed by atoms with van der Waals surface area (Å²) in [4.78, 5) is 37.1. The fourth-order valence-electron chi connectivity index (χ4n) is 7.50. The average Bonchev–Trinajstić information content (AvgIpc) is 3.19. The molecular formula is C51H96NO7+. The first-order valence-electron chi connectivity index (χ1n) is 24.9. The topological polar surface area (TPSA) is 99.1 Å². The number of hydrogen-bond acceptors (Lipinski definition) is 6. The van der Waals surface area contributed by atoms with Crippen LogP contribution < -0.4 is 0 Å². The van der Waals surface area contributed by atoms with Crippen molar-refractivity contribution in [3.8, 4) is 0 Å². The minimum absolute atomic E-state index is 0.0473. The Balaban J connectivity index is 4.25. The number of hydrogen-bond donors (Lipinski definition) is 1. The minimum atomic E-state index is -0.872. The van der Waals surface area contributed by atoms with Crippen LogP contribution in [0.4, 0.5) is 0 Å². The molecule has 0 bridgehead atoms. The van der Waals surface area contributed by atoms with Gasteiger partial charge in [0.1, 0.15) is 6.61 Å². The SMILES string of the molecule is CCCCC/C=C/C=C/CCCCCCCCCCCCC(=O)OC(COCCC(C(=O)O)[N+](C)(C)C)COC(=O)CCCCCCCCCCCCCCCCCC. The smallest absolute Gasteiger partial charge is 0.362 e. The number of carbonyl (C=O) groups excluding carboxylic acids is 2. The monoisotopic (exact) mass is 835 g/mol. The second kappa shape index (κ2) is 42.5. The largest absolute Gasteiger partial charge is 0.477 e. The van der Waals surface area contributed by atoms with E-state index in [2.05, 4.69) is 38.2 Å². The predicted octanol–water partition coefficient (Wildman–Crippen LogP) is 14.0. The predicted molar refractivity (Wildman–Crippen MR) is 248 cm³/mol. The molecule has 1 N–H and O–H groups in total. The zero-order valence-electron chi connectivity index (χ0n) is 39.5. The van der Waals surface area contributed by atoms with Gasteiger partial charge in [-0.25, -0.2) is 4.79 Å². The van der Waals surface area contributed by atoms with E-state index in [0.717, 1.165) is 38.5 Å². The Morgan fingerprint density at radius 1 is 0.508 bits per heavy atom. The Morgan fingerprint density at radius 2 is 0.881 bits per heavy atom. The van der Waals surface area contributed by atoms with E-state index in [9.17, 15) is 19.5 Å². The molecule has 8 heteroatoms. The summed E-state index contributed by atoms with van der Waals surface area (Å²) in [6, 6.07) is -0.612. The van der Waals surface area contributed by atoms with Crippen molar-refractivity contribution in [2.24, 2.45) is 0 Å². The Kier molecular flexibility index (Phi) is 40.9. The van der Waals surface area contributed by atoms with Crippen LogP contribution in [0, 0.1) is 0 Å². The quantitative estimate of drug-likeness (QED) is 0.0282. The number of carboxylic acid groups (broad SMARTS) is 1. The molecule has 0 aromatic carbocycles. The molecule has 0 spiro atoms. The first kappa shape index (κ1) is 56.8. The number of carboxylic acids is 1. The van der Waals surface area contributed by atoms with Crippen molar-refractivity contribution in [3.05, 3.63) is 24.3 Å². The zero-order chi connectivity index (χ0) is 43.5. The molecule has 0 heterocycles. The highest BCUT2D eigenvalue weighted by Gasteiger charge is 2.31. The molecule has 0 aromatic rings. The van der Waals surface area contributed by atoms with Crippen LogP contribution >= 0.6 is 0 Å². The van der Waals surface area contributed by atoms with Crippen LogP contribution in [0.5, 0.6) is 0 Å². The van der Waals surface area contributed by atoms with Gasteiger partial charge in [-0.3, -0.25) is 9.59 Å². The van der Waals surface area contributed by atoms with Crippen molar-refractivity contribution in [1.82, 2.24) is 0 Å². The molecule has 0 aliphatic rings. The second-order valence-electron chi connectivity index (χ2n) is 18.1. The maximum Gasteiger partial charge on any atom is 0.362 e. The number of rotatable bonds is 45. The third-order valence-corrected chi connectivity index (χ3v) is 11.4. The number of unbranched alkanes of at least 4 members (excludes halogenated alkanes) is 28. The number of likely N-dealkylation sites (N-methyl/N-ethyl adjacent to an activating group) is 1. The lowest BCUT2D eigenvalue weighted by molar-refractivity contribution is -0.887. The van der Waals surface area contributed by atoms with Crippen molar-refractivity contribution in [3.63, 3.8) is 0 Å². The molecule has 8 nitrogen and oxygen atoms in total. The van der Waals surface area contributed by atoms with Crippen LogP contribution in [0.1, 0.15) is 232 Å². The second-order valence-corrected chi connectivity index (χ2v) is 18.1. The van der Waals surface area contributed by atoms with E-state index in [0.29, 0.717) is 19.3 Å². The zero-order valence-corrected chi connectivity index (χ0v) is 39.5. The molecule has 59 heavy (non-hydrogen) atoms. The summed E-state index contributed by atoms with van der Waals surface area (Å²) < 4.78 is 17.3. The normalized spacial score (nSPS) is 13.0. The van der Waals surface area contributed by atoms with E-state index in [1.165, 1.54) is 161 Å². The van der Waals surface area contributed by atoms with Crippen LogP contribution in [0.25, 0.3) is 0 Å². The van der Waals surface area contributed by atoms with Crippen molar-refractivity contribution >= 4 is 17.9 Å². The van der Waals surface area contributed by atoms with Gasteiger partial charge in [-0.15, -0.1) is 0 Å². The molecule has 0 saturated carbocycles. The fourth-order valence-corrected chi connectivity index (χ4v) is 7.50. The molecular weight excluding hydrogens is 739 g/mol. The number of quaternary nitrogens is 1. The highest BCUT2D eigenvalue weighted by atomic mass is 16.6. The molecule has 0 aliphatic carbocycles. The number of carbonyl (C=O) groups is 3. The number of nitrogens with zero attached hydrogens (tertiary/aromatic N) is 1. The third-order valence-electron chi connectivity index (χ3n) is 11.4. The lowest BCUT2D eigenvalue weighted by Gasteiger charge is -2.31. The summed E-state index contributed by atoms with van der Waals surface area (Å²) in [5.41, 5.74) is 0. The van der Waals surface area contributed by atoms with E-state index >= 15 is 0 Å². The van der Waals surface area contributed by atoms with Crippen LogP contribution in [-0.4, -0.2) is 80.6 Å². The van der Waals surface area contributed by atoms with Gasteiger partial charge in [0.15, 0.2) is 12.1 Å². The van der Waals surface area contributed by atoms with Gasteiger partial charge in [-0.2, -0.15) is 0 Å². The van der Waals surface area contributed by atoms with Crippen LogP contribution in [-0.2, 0) is 28.6 Å². The standard InChI is InChI=1S/C51H95NO7/c1-6-8-10-12-14-16-18-20-22-24-25-26-28-30-32-34-36-38-40-42-50(54)59-47(45-57-44-43-48(51(55)56)52(3,4)5)46-58-49(53)41-39-37-35-33-31-29-27-23-21-19-17-15-13-11-9-7-2/h14,16,18,20,47-48H,6-13,15,17,19,21-46H2,1-5H3/p+1/b16-14+,20-18+. The molecule has 2 unspecified atom stereocenters. The lowest BCUT2D eigenvalue weighted by atomic mass is 10.0. The molecule has 0 amide bonds. The Hall–Kier alpha value is -2.19. The number of aliphatic carboxylic acids is 1. The van der Waals surface area contributed by atoms with Crippen molar-refractivity contribution in [2.75, 3.05) is 41.0 Å². The Bertz CT molecular complexity index is 1020. The highest BCUT2D eigenvalue weighted by Crippen LogP contribution is 2.16. The van der Waals surface area contributed by atoms with Crippen LogP contribution in [0.2, 0.25) is 0 Å². The summed E-state index contributed by atoms with van der Waals surface area (Å²) >= 11 is 0. The van der Waals surface area contributed by atoms with Gasteiger partial charge < -0.3 is 23.8 Å². The maximum atomic E-state index is 12.8. The molecule has 0 radical (unpaired) electrons. The van der Waals surface area contributed by atoms with Gasteiger partial charge in [0.25, 0.3) is 0 Å². The summed E-state index contributed by atoms with van der Waals surface area (Å²) in [7, 11) is 5.54. The fraction of sp³-hybridized carbons (Fsp3) is 0.863. The first-order chi connectivity index (χ1) is 28.6. The number of allylic oxidation sites excluding steroid dienone is 4. The van der Waals surface area contributed by atoms with Gasteiger partial charge in [-0.05, 0) is 38.5 Å². The summed E-state index contributed by atoms with van der Waals surface area (Å²) in [5, 5.41) is 9.64. The maximum absolute atomic E-state index is 12.8. The van der Waals surface area contributed by atoms with E-state index in [4.69, 9.17) is 14.2 Å². The summed E-state index contributed by atoms with van der Waals surface area (Å²) in [6.45, 7) is 4.74. The number of esters is 2. The summed E-state index contributed by atoms with van der Waals surface area (Å²) in [6.07, 6.45) is 47.9. The highest BCUT2D eigenvalue weighted by molar-refractivity contribution is 5.72. The minimum Gasteiger partial charge on any atom is -0.477 e. The van der Waals surface area contributed by atoms with E-state index in [1.807, 2.05) is 21.1 Å². The van der Waals surface area contributed by atoms with Crippen molar-refractivity contribution in [2.45, 2.75) is 244 Å². The molecule has 0 aliphatic heterocycles.